The molecule has 1 aromatic carbocycles. The maximum Gasteiger partial charge on any atom is 0.124 e. The van der Waals surface area contributed by atoms with Crippen molar-refractivity contribution in [3.05, 3.63) is 28.8 Å². The molecule has 0 aliphatic heterocycles. The Morgan fingerprint density at radius 1 is 1.11 bits per heavy atom. The van der Waals surface area contributed by atoms with Crippen molar-refractivity contribution in [2.45, 2.75) is 52.1 Å². The highest BCUT2D eigenvalue weighted by molar-refractivity contribution is 6.30. The number of unbranched alkanes of at least 4 members (excludes halogenated alkanes) is 5. The average molecular weight is 271 g/mol. The number of aliphatic hydroxyl groups excluding tert-OH is 1. The van der Waals surface area contributed by atoms with Crippen molar-refractivity contribution in [3.8, 4) is 5.75 Å². The van der Waals surface area contributed by atoms with Gasteiger partial charge in [0, 0.05) is 10.6 Å². The molecule has 0 atom stereocenters. The molecule has 0 aliphatic carbocycles. The minimum absolute atomic E-state index is 0.0353. The van der Waals surface area contributed by atoms with Crippen LogP contribution < -0.4 is 4.74 Å². The molecular formula is C15H23ClO2. The number of ether oxygens (including phenoxy) is 1. The van der Waals surface area contributed by atoms with Crippen LogP contribution in [0, 0.1) is 0 Å². The Balaban J connectivity index is 2.22. The van der Waals surface area contributed by atoms with E-state index in [9.17, 15) is 5.11 Å². The molecule has 2 nitrogen and oxygen atoms in total. The van der Waals surface area contributed by atoms with E-state index >= 15 is 0 Å². The van der Waals surface area contributed by atoms with Gasteiger partial charge in [-0.1, -0.05) is 50.6 Å². The summed E-state index contributed by atoms with van der Waals surface area (Å²) >= 11 is 5.86. The number of hydrogen-bond acceptors (Lipinski definition) is 2. The van der Waals surface area contributed by atoms with Gasteiger partial charge in [0.05, 0.1) is 13.2 Å². The lowest BCUT2D eigenvalue weighted by Gasteiger charge is -2.10. The van der Waals surface area contributed by atoms with Crippen LogP contribution in [0.3, 0.4) is 0 Å². The quantitative estimate of drug-likeness (QED) is 0.666. The predicted octanol–water partition coefficient (Wildman–Crippen LogP) is 4.57. The van der Waals surface area contributed by atoms with Gasteiger partial charge in [-0.2, -0.15) is 0 Å². The maximum absolute atomic E-state index is 9.20. The highest BCUT2D eigenvalue weighted by Crippen LogP contribution is 2.23. The Labute approximate surface area is 115 Å². The van der Waals surface area contributed by atoms with Crippen molar-refractivity contribution in [2.75, 3.05) is 6.61 Å². The van der Waals surface area contributed by atoms with E-state index in [1.54, 1.807) is 12.1 Å². The van der Waals surface area contributed by atoms with Gasteiger partial charge < -0.3 is 9.84 Å². The second-order valence-corrected chi connectivity index (χ2v) is 4.96. The first-order chi connectivity index (χ1) is 8.77. The SMILES string of the molecule is CCCCCCCCOc1ccc(Cl)cc1CO. The van der Waals surface area contributed by atoms with Crippen LogP contribution in [-0.4, -0.2) is 11.7 Å². The van der Waals surface area contributed by atoms with Crippen molar-refractivity contribution in [1.29, 1.82) is 0 Å². The van der Waals surface area contributed by atoms with E-state index in [-0.39, 0.29) is 6.61 Å². The lowest BCUT2D eigenvalue weighted by atomic mass is 10.1. The lowest BCUT2D eigenvalue weighted by molar-refractivity contribution is 0.260. The molecule has 0 saturated carbocycles. The van der Waals surface area contributed by atoms with Crippen LogP contribution in [0.2, 0.25) is 5.02 Å². The number of halogens is 1. The standard InChI is InChI=1S/C15H23ClO2/c1-2-3-4-5-6-7-10-18-15-9-8-14(16)11-13(15)12-17/h8-9,11,17H,2-7,10,12H2,1H3. The molecule has 0 spiro atoms. The smallest absolute Gasteiger partial charge is 0.124 e. The van der Waals surface area contributed by atoms with Crippen molar-refractivity contribution in [3.63, 3.8) is 0 Å². The van der Waals surface area contributed by atoms with Gasteiger partial charge in [-0.15, -0.1) is 0 Å². The minimum Gasteiger partial charge on any atom is -0.493 e. The molecule has 1 N–H and O–H groups in total. The monoisotopic (exact) mass is 270 g/mol. The van der Waals surface area contributed by atoms with E-state index in [1.807, 2.05) is 6.07 Å². The third kappa shape index (κ3) is 5.74. The number of aliphatic hydroxyl groups is 1. The predicted molar refractivity (Wildman–Crippen MR) is 76.2 cm³/mol. The van der Waals surface area contributed by atoms with Gasteiger partial charge in [-0.3, -0.25) is 0 Å². The van der Waals surface area contributed by atoms with Crippen LogP contribution in [0.25, 0.3) is 0 Å². The highest BCUT2D eigenvalue weighted by atomic mass is 35.5. The molecule has 102 valence electrons. The van der Waals surface area contributed by atoms with E-state index < -0.39 is 0 Å². The Hall–Kier alpha value is -0.730. The van der Waals surface area contributed by atoms with Crippen LogP contribution in [0.1, 0.15) is 51.0 Å². The second kappa shape index (κ2) is 9.23. The second-order valence-electron chi connectivity index (χ2n) is 4.53. The summed E-state index contributed by atoms with van der Waals surface area (Å²) in [6.45, 7) is 2.90. The first-order valence-corrected chi connectivity index (χ1v) is 7.17. The zero-order valence-corrected chi connectivity index (χ0v) is 11.9. The minimum atomic E-state index is -0.0353. The molecule has 0 radical (unpaired) electrons. The number of benzene rings is 1. The Bertz CT molecular complexity index is 339. The summed E-state index contributed by atoms with van der Waals surface area (Å²) in [6.07, 6.45) is 7.48. The van der Waals surface area contributed by atoms with E-state index in [0.29, 0.717) is 11.6 Å². The van der Waals surface area contributed by atoms with Gasteiger partial charge in [0.2, 0.25) is 0 Å². The lowest BCUT2D eigenvalue weighted by Crippen LogP contribution is -2.00. The summed E-state index contributed by atoms with van der Waals surface area (Å²) in [5.41, 5.74) is 0.758. The Kier molecular flexibility index (Phi) is 7.86. The van der Waals surface area contributed by atoms with Crippen LogP contribution in [0.15, 0.2) is 18.2 Å². The fourth-order valence-electron chi connectivity index (χ4n) is 1.88. The molecule has 0 heterocycles. The third-order valence-electron chi connectivity index (χ3n) is 2.95. The topological polar surface area (TPSA) is 29.5 Å². The van der Waals surface area contributed by atoms with Gasteiger partial charge in [0.15, 0.2) is 0 Å². The summed E-state index contributed by atoms with van der Waals surface area (Å²) < 4.78 is 5.67. The van der Waals surface area contributed by atoms with Gasteiger partial charge in [0.25, 0.3) is 0 Å². The van der Waals surface area contributed by atoms with Crippen molar-refractivity contribution >= 4 is 11.6 Å². The molecule has 0 aromatic heterocycles. The van der Waals surface area contributed by atoms with Crippen LogP contribution in [-0.2, 0) is 6.61 Å². The van der Waals surface area contributed by atoms with E-state index in [1.165, 1.54) is 32.1 Å². The fraction of sp³-hybridized carbons (Fsp3) is 0.600. The van der Waals surface area contributed by atoms with E-state index in [4.69, 9.17) is 16.3 Å². The Morgan fingerprint density at radius 3 is 2.56 bits per heavy atom. The average Bonchev–Trinajstić information content (AvgIpc) is 2.39. The molecule has 0 saturated heterocycles. The molecule has 0 fully saturated rings. The fourth-order valence-corrected chi connectivity index (χ4v) is 2.07. The molecule has 0 aliphatic rings. The summed E-state index contributed by atoms with van der Waals surface area (Å²) in [6, 6.07) is 5.36. The maximum atomic E-state index is 9.20. The third-order valence-corrected chi connectivity index (χ3v) is 3.18. The number of hydrogen-bond donors (Lipinski definition) is 1. The zero-order chi connectivity index (χ0) is 13.2. The first kappa shape index (κ1) is 15.3. The summed E-state index contributed by atoms with van der Waals surface area (Å²) in [4.78, 5) is 0. The van der Waals surface area contributed by atoms with Gasteiger partial charge in [-0.25, -0.2) is 0 Å². The molecule has 3 heteroatoms. The van der Waals surface area contributed by atoms with Crippen LogP contribution in [0.4, 0.5) is 0 Å². The zero-order valence-electron chi connectivity index (χ0n) is 11.1. The Morgan fingerprint density at radius 2 is 1.83 bits per heavy atom. The molecular weight excluding hydrogens is 248 g/mol. The van der Waals surface area contributed by atoms with E-state index in [2.05, 4.69) is 6.92 Å². The van der Waals surface area contributed by atoms with E-state index in [0.717, 1.165) is 17.7 Å². The summed E-state index contributed by atoms with van der Waals surface area (Å²) in [5, 5.41) is 9.83. The largest absolute Gasteiger partial charge is 0.493 e. The van der Waals surface area contributed by atoms with Gasteiger partial charge in [0.1, 0.15) is 5.75 Å². The van der Waals surface area contributed by atoms with Crippen molar-refractivity contribution < 1.29 is 9.84 Å². The molecule has 18 heavy (non-hydrogen) atoms. The summed E-state index contributed by atoms with van der Waals surface area (Å²) in [7, 11) is 0. The summed E-state index contributed by atoms with van der Waals surface area (Å²) in [5.74, 6) is 0.746. The molecule has 0 amide bonds. The molecule has 1 aromatic rings. The van der Waals surface area contributed by atoms with Crippen molar-refractivity contribution in [2.24, 2.45) is 0 Å². The highest BCUT2D eigenvalue weighted by Gasteiger charge is 2.03. The van der Waals surface area contributed by atoms with Crippen LogP contribution >= 0.6 is 11.6 Å². The van der Waals surface area contributed by atoms with Gasteiger partial charge in [-0.05, 0) is 24.6 Å². The number of rotatable bonds is 9. The molecule has 1 rings (SSSR count). The molecule has 0 unspecified atom stereocenters. The van der Waals surface area contributed by atoms with Crippen molar-refractivity contribution in [1.82, 2.24) is 0 Å². The van der Waals surface area contributed by atoms with Crippen LogP contribution in [0.5, 0.6) is 5.75 Å². The first-order valence-electron chi connectivity index (χ1n) is 6.80. The normalized spacial score (nSPS) is 10.6. The molecule has 0 bridgehead atoms. The van der Waals surface area contributed by atoms with Gasteiger partial charge >= 0.3 is 0 Å².